The van der Waals surface area contributed by atoms with E-state index in [4.69, 9.17) is 16.3 Å². The van der Waals surface area contributed by atoms with E-state index in [1.165, 1.54) is 18.3 Å². The van der Waals surface area contributed by atoms with Crippen LogP contribution >= 0.6 is 11.6 Å². The first-order chi connectivity index (χ1) is 19.4. The number of fused-ring (bicyclic) bond motifs is 1. The number of benzene rings is 3. The first-order valence-electron chi connectivity index (χ1n) is 12.9. The van der Waals surface area contributed by atoms with Gasteiger partial charge in [-0.3, -0.25) is 9.99 Å². The Morgan fingerprint density at radius 2 is 2.03 bits per heavy atom. The number of pyridine rings is 1. The van der Waals surface area contributed by atoms with Crippen molar-refractivity contribution in [2.75, 3.05) is 17.7 Å². The summed E-state index contributed by atoms with van der Waals surface area (Å²) in [7, 11) is 1.57. The number of methoxy groups -OCH3 is 1. The largest absolute Gasteiger partial charge is 0.495 e. The van der Waals surface area contributed by atoms with E-state index in [1.807, 2.05) is 35.5 Å². The van der Waals surface area contributed by atoms with Crippen molar-refractivity contribution in [1.29, 1.82) is 5.26 Å². The highest BCUT2D eigenvalue weighted by molar-refractivity contribution is 6.36. The molecule has 1 aromatic heterocycles. The molecule has 0 amide bonds. The second-order valence-corrected chi connectivity index (χ2v) is 9.67. The Kier molecular flexibility index (Phi) is 6.25. The third-order valence-electron chi connectivity index (χ3n) is 6.61. The molecule has 0 bridgehead atoms. The summed E-state index contributed by atoms with van der Waals surface area (Å²) in [4.78, 5) is 4.43. The molecule has 1 atom stereocenters. The molecule has 1 fully saturated rings. The monoisotopic (exact) mass is 542 g/mol. The highest BCUT2D eigenvalue weighted by Crippen LogP contribution is 2.38. The fourth-order valence-electron chi connectivity index (χ4n) is 4.49. The molecule has 0 radical (unpaired) electrons. The summed E-state index contributed by atoms with van der Waals surface area (Å²) in [5.74, 6) is 0.207. The molecular formula is C29H25ClFN7O. The van der Waals surface area contributed by atoms with E-state index < -0.39 is 11.8 Å². The lowest BCUT2D eigenvalue weighted by molar-refractivity contribution is 0.260. The molecule has 0 spiro atoms. The predicted molar refractivity (Wildman–Crippen MR) is 150 cm³/mol. The highest BCUT2D eigenvalue weighted by atomic mass is 35.5. The van der Waals surface area contributed by atoms with Gasteiger partial charge in [-0.25, -0.2) is 4.39 Å². The maximum absolute atomic E-state index is 13.8. The van der Waals surface area contributed by atoms with E-state index in [-0.39, 0.29) is 0 Å². The average Bonchev–Trinajstić information content (AvgIpc) is 3.69. The molecule has 39 heavy (non-hydrogen) atoms. The summed E-state index contributed by atoms with van der Waals surface area (Å²) in [5, 5.41) is 19.4. The van der Waals surface area contributed by atoms with Crippen molar-refractivity contribution < 1.29 is 10.5 Å². The number of nitrogens with one attached hydrogen (secondary N) is 4. The average molecular weight is 543 g/mol. The molecule has 1 saturated carbocycles. The normalized spacial score (nSPS) is 16.5. The van der Waals surface area contributed by atoms with Gasteiger partial charge >= 0.3 is 0 Å². The SMILES string of the molecule is [2H][C@](Nc1cc(Cl)c2ncc(C#N)c(Nc3ccccc3OC)c2c1)(C1=CN(C2CC2)NN1)c1ccc(F)cc1. The van der Waals surface area contributed by atoms with Crippen LogP contribution in [0, 0.1) is 17.1 Å². The zero-order valence-corrected chi connectivity index (χ0v) is 21.7. The van der Waals surface area contributed by atoms with Crippen LogP contribution in [0.25, 0.3) is 10.9 Å². The number of nitriles is 1. The van der Waals surface area contributed by atoms with E-state index in [9.17, 15) is 11.0 Å². The smallest absolute Gasteiger partial charge is 0.142 e. The van der Waals surface area contributed by atoms with Crippen molar-refractivity contribution in [3.63, 3.8) is 0 Å². The maximum atomic E-state index is 13.8. The summed E-state index contributed by atoms with van der Waals surface area (Å²) in [6.45, 7) is 0. The van der Waals surface area contributed by atoms with Crippen LogP contribution in [0.5, 0.6) is 5.75 Å². The van der Waals surface area contributed by atoms with Crippen molar-refractivity contribution in [3.05, 3.63) is 101 Å². The van der Waals surface area contributed by atoms with Crippen LogP contribution in [0.4, 0.5) is 21.5 Å². The van der Waals surface area contributed by atoms with Crippen LogP contribution in [0.3, 0.4) is 0 Å². The first-order valence-corrected chi connectivity index (χ1v) is 12.8. The topological polar surface area (TPSA) is 97.3 Å². The lowest BCUT2D eigenvalue weighted by Gasteiger charge is -2.22. The third-order valence-corrected chi connectivity index (χ3v) is 6.90. The van der Waals surface area contributed by atoms with Gasteiger partial charge < -0.3 is 20.8 Å². The van der Waals surface area contributed by atoms with Crippen LogP contribution in [0.1, 0.15) is 31.4 Å². The highest BCUT2D eigenvalue weighted by Gasteiger charge is 2.32. The number of aromatic nitrogens is 1. The zero-order chi connectivity index (χ0) is 27.9. The van der Waals surface area contributed by atoms with E-state index in [1.54, 1.807) is 31.4 Å². The number of rotatable bonds is 8. The van der Waals surface area contributed by atoms with Crippen molar-refractivity contribution in [1.82, 2.24) is 21.0 Å². The minimum absolute atomic E-state index is 0.312. The molecule has 4 N–H and O–H groups in total. The Bertz CT molecular complexity index is 1670. The van der Waals surface area contributed by atoms with E-state index >= 15 is 0 Å². The summed E-state index contributed by atoms with van der Waals surface area (Å²) < 4.78 is 28.9. The van der Waals surface area contributed by atoms with Crippen LogP contribution < -0.4 is 26.3 Å². The van der Waals surface area contributed by atoms with Crippen molar-refractivity contribution in [3.8, 4) is 11.8 Å². The molecule has 0 unspecified atom stereocenters. The molecular weight excluding hydrogens is 517 g/mol. The Morgan fingerprint density at radius 3 is 2.77 bits per heavy atom. The molecule has 0 saturated heterocycles. The van der Waals surface area contributed by atoms with Crippen LogP contribution in [-0.4, -0.2) is 23.1 Å². The fourth-order valence-corrected chi connectivity index (χ4v) is 4.76. The number of halogens is 2. The first kappa shape index (κ1) is 23.6. The summed E-state index contributed by atoms with van der Waals surface area (Å²) >= 11 is 6.72. The minimum atomic E-state index is -1.54. The molecule has 3 aromatic carbocycles. The molecule has 2 aliphatic rings. The van der Waals surface area contributed by atoms with Gasteiger partial charge in [0.15, 0.2) is 0 Å². The standard InChI is InChI=1S/C29H25ClFN7O/c1-39-26-5-3-2-4-24(26)35-27-18(14-32)15-33-29-22(27)12-20(13-23(29)30)34-28(17-6-8-19(31)9-7-17)25-16-38(37-36-25)21-10-11-21/h2-9,12-13,15-16,21,28,34,36-37H,10-11H2,1H3,(H,33,35)/t28-/m1/s1/i28D. The fraction of sp³-hybridized carbons (Fsp3) is 0.172. The Hall–Kier alpha value is -4.52. The molecule has 10 heteroatoms. The van der Waals surface area contributed by atoms with Gasteiger partial charge in [0, 0.05) is 29.5 Å². The molecule has 4 aromatic rings. The minimum Gasteiger partial charge on any atom is -0.495 e. The van der Waals surface area contributed by atoms with Crippen LogP contribution in [0.15, 0.2) is 78.8 Å². The van der Waals surface area contributed by atoms with Crippen molar-refractivity contribution in [2.45, 2.75) is 24.9 Å². The lowest BCUT2D eigenvalue weighted by atomic mass is 10.0. The van der Waals surface area contributed by atoms with Gasteiger partial charge in [-0.1, -0.05) is 35.9 Å². The van der Waals surface area contributed by atoms with Gasteiger partial charge in [-0.2, -0.15) is 5.26 Å². The van der Waals surface area contributed by atoms with Crippen LogP contribution in [0.2, 0.25) is 5.02 Å². The number of hydrogen-bond donors (Lipinski definition) is 4. The molecule has 196 valence electrons. The maximum Gasteiger partial charge on any atom is 0.142 e. The molecule has 6 rings (SSSR count). The number of hydrogen-bond acceptors (Lipinski definition) is 8. The van der Waals surface area contributed by atoms with Crippen molar-refractivity contribution in [2.24, 2.45) is 0 Å². The predicted octanol–water partition coefficient (Wildman–Crippen LogP) is 6.13. The second kappa shape index (κ2) is 10.3. The molecule has 1 aliphatic carbocycles. The summed E-state index contributed by atoms with van der Waals surface area (Å²) in [6, 6.07) is 17.7. The van der Waals surface area contributed by atoms with Gasteiger partial charge in [0.05, 0.1) is 47.7 Å². The van der Waals surface area contributed by atoms with Gasteiger partial charge in [0.2, 0.25) is 0 Å². The van der Waals surface area contributed by atoms with Crippen molar-refractivity contribution >= 4 is 39.6 Å². The van der Waals surface area contributed by atoms with Crippen LogP contribution in [-0.2, 0) is 0 Å². The third kappa shape index (κ3) is 5.00. The Morgan fingerprint density at radius 1 is 1.23 bits per heavy atom. The number of nitrogens with zero attached hydrogens (tertiary/aromatic N) is 3. The number of hydrazine groups is 2. The summed E-state index contributed by atoms with van der Waals surface area (Å²) in [5.41, 5.74) is 9.72. The molecule has 2 heterocycles. The van der Waals surface area contributed by atoms with Gasteiger partial charge in [-0.05, 0) is 54.8 Å². The van der Waals surface area contributed by atoms with E-state index in [2.05, 4.69) is 32.6 Å². The van der Waals surface area contributed by atoms with E-state index in [0.717, 1.165) is 12.8 Å². The van der Waals surface area contributed by atoms with E-state index in [0.29, 0.717) is 61.6 Å². The second-order valence-electron chi connectivity index (χ2n) is 9.26. The Labute approximate surface area is 231 Å². The molecule has 8 nitrogen and oxygen atoms in total. The number of ether oxygens (including phenoxy) is 1. The number of para-hydroxylation sites is 2. The molecule has 1 aliphatic heterocycles. The number of anilines is 3. The lowest BCUT2D eigenvalue weighted by Crippen LogP contribution is -2.38. The summed E-state index contributed by atoms with van der Waals surface area (Å²) in [6.07, 6.45) is 5.44. The Balaban J connectivity index is 1.46. The quantitative estimate of drug-likeness (QED) is 0.211. The van der Waals surface area contributed by atoms with Gasteiger partial charge in [0.1, 0.15) is 17.6 Å². The zero-order valence-electron chi connectivity index (χ0n) is 21.9. The van der Waals surface area contributed by atoms with Gasteiger partial charge in [-0.15, -0.1) is 5.53 Å². The van der Waals surface area contributed by atoms with Gasteiger partial charge in [0.25, 0.3) is 0 Å².